The summed E-state index contributed by atoms with van der Waals surface area (Å²) in [6.07, 6.45) is 7.96. The van der Waals surface area contributed by atoms with Crippen molar-refractivity contribution in [2.75, 3.05) is 0 Å². The number of carbonyl (C=O) groups is 3. The molecule has 6 nitrogen and oxygen atoms in total. The van der Waals surface area contributed by atoms with Gasteiger partial charge >= 0.3 is 17.9 Å². The SMILES string of the molecule is C=C[C@@H](C)[C@H]1CC[C@H]2[C@@H]3[C@H](OC(C)=O)C[C@@H]4C[C@H](OC(C)=O)CC[C@]4(C)[C@H]3C[C@H](OC(C)=O)[C@]12C. The molecule has 4 rings (SSSR count). The summed E-state index contributed by atoms with van der Waals surface area (Å²) in [7, 11) is 0. The van der Waals surface area contributed by atoms with E-state index in [0.717, 1.165) is 44.9 Å². The van der Waals surface area contributed by atoms with Gasteiger partial charge in [0.2, 0.25) is 0 Å². The highest BCUT2D eigenvalue weighted by Crippen LogP contribution is 2.69. The highest BCUT2D eigenvalue weighted by molar-refractivity contribution is 5.67. The Hall–Kier alpha value is -1.85. The lowest BCUT2D eigenvalue weighted by Gasteiger charge is -2.64. The van der Waals surface area contributed by atoms with Gasteiger partial charge in [-0.2, -0.15) is 0 Å². The third kappa shape index (κ3) is 4.44. The molecule has 0 heterocycles. The Morgan fingerprint density at radius 2 is 1.54 bits per heavy atom. The van der Waals surface area contributed by atoms with E-state index in [0.29, 0.717) is 17.8 Å². The summed E-state index contributed by atoms with van der Waals surface area (Å²) in [5.41, 5.74) is -0.156. The molecular formula is C29H44O6. The fourth-order valence-electron chi connectivity index (χ4n) is 9.21. The molecule has 35 heavy (non-hydrogen) atoms. The molecule has 0 radical (unpaired) electrons. The van der Waals surface area contributed by atoms with Gasteiger partial charge in [-0.25, -0.2) is 0 Å². The summed E-state index contributed by atoms with van der Waals surface area (Å²) in [5, 5.41) is 0. The van der Waals surface area contributed by atoms with Gasteiger partial charge in [0.25, 0.3) is 0 Å². The Labute approximate surface area is 210 Å². The molecule has 4 fully saturated rings. The minimum atomic E-state index is -0.236. The molecule has 0 aliphatic heterocycles. The Balaban J connectivity index is 1.75. The molecule has 0 aromatic heterocycles. The molecule has 0 N–H and O–H groups in total. The highest BCUT2D eigenvalue weighted by Gasteiger charge is 2.67. The standard InChI is InChI=1S/C29H44O6/c1-8-16(2)22-9-10-23-27-24(15-26(29(22,23)7)35-19(5)32)28(6)12-11-21(33-17(3)30)13-20(28)14-25(27)34-18(4)31/h8,16,20-27H,1,9-15H2,2-7H3/t16-,20+,21-,22-,23+,24+,25-,26+,27+,28+,29-/m1/s1. The van der Waals surface area contributed by atoms with Crippen LogP contribution in [0.2, 0.25) is 0 Å². The summed E-state index contributed by atoms with van der Waals surface area (Å²) in [5.74, 6) is 1.12. The Bertz CT molecular complexity index is 867. The zero-order valence-corrected chi connectivity index (χ0v) is 22.4. The van der Waals surface area contributed by atoms with Crippen molar-refractivity contribution in [1.29, 1.82) is 0 Å². The van der Waals surface area contributed by atoms with Gasteiger partial charge in [0.15, 0.2) is 0 Å². The second-order valence-corrected chi connectivity index (χ2v) is 12.4. The van der Waals surface area contributed by atoms with E-state index in [-0.39, 0.29) is 64.8 Å². The third-order valence-corrected chi connectivity index (χ3v) is 10.7. The molecule has 4 saturated carbocycles. The quantitative estimate of drug-likeness (QED) is 0.290. The number of rotatable bonds is 5. The van der Waals surface area contributed by atoms with Crippen molar-refractivity contribution in [3.8, 4) is 0 Å². The number of esters is 3. The van der Waals surface area contributed by atoms with Gasteiger partial charge in [0.05, 0.1) is 0 Å². The van der Waals surface area contributed by atoms with E-state index >= 15 is 0 Å². The molecule has 11 atom stereocenters. The van der Waals surface area contributed by atoms with Crippen molar-refractivity contribution >= 4 is 17.9 Å². The normalized spacial score (nSPS) is 45.2. The van der Waals surface area contributed by atoms with Crippen molar-refractivity contribution in [2.45, 2.75) is 105 Å². The molecule has 0 unspecified atom stereocenters. The van der Waals surface area contributed by atoms with E-state index < -0.39 is 0 Å². The predicted molar refractivity (Wildman–Crippen MR) is 132 cm³/mol. The maximum absolute atomic E-state index is 12.3. The predicted octanol–water partition coefficient (Wildman–Crippen LogP) is 5.48. The van der Waals surface area contributed by atoms with E-state index in [1.54, 1.807) is 0 Å². The first kappa shape index (κ1) is 26.2. The minimum Gasteiger partial charge on any atom is -0.463 e. The summed E-state index contributed by atoms with van der Waals surface area (Å²) in [6.45, 7) is 15.5. The molecule has 0 amide bonds. The van der Waals surface area contributed by atoms with E-state index in [1.165, 1.54) is 20.8 Å². The number of carbonyl (C=O) groups excluding carboxylic acids is 3. The first-order valence-corrected chi connectivity index (χ1v) is 13.6. The maximum atomic E-state index is 12.3. The van der Waals surface area contributed by atoms with Crippen LogP contribution in [0.1, 0.15) is 86.5 Å². The van der Waals surface area contributed by atoms with Crippen LogP contribution in [0.5, 0.6) is 0 Å². The van der Waals surface area contributed by atoms with Crippen molar-refractivity contribution < 1.29 is 28.6 Å². The van der Waals surface area contributed by atoms with Gasteiger partial charge in [-0.15, -0.1) is 6.58 Å². The smallest absolute Gasteiger partial charge is 0.302 e. The zero-order valence-electron chi connectivity index (χ0n) is 22.4. The second kappa shape index (κ2) is 9.55. The van der Waals surface area contributed by atoms with Gasteiger partial charge in [0, 0.05) is 32.1 Å². The molecule has 6 heteroatoms. The molecule has 196 valence electrons. The first-order valence-electron chi connectivity index (χ1n) is 13.6. The van der Waals surface area contributed by atoms with Crippen molar-refractivity contribution in [3.05, 3.63) is 12.7 Å². The van der Waals surface area contributed by atoms with E-state index in [4.69, 9.17) is 14.2 Å². The summed E-state index contributed by atoms with van der Waals surface area (Å²) < 4.78 is 17.9. The van der Waals surface area contributed by atoms with Gasteiger partial charge in [0.1, 0.15) is 18.3 Å². The summed E-state index contributed by atoms with van der Waals surface area (Å²) in [4.78, 5) is 36.2. The van der Waals surface area contributed by atoms with Crippen LogP contribution in [0.4, 0.5) is 0 Å². The van der Waals surface area contributed by atoms with Crippen LogP contribution in [-0.4, -0.2) is 36.2 Å². The van der Waals surface area contributed by atoms with Gasteiger partial charge in [-0.05, 0) is 80.0 Å². The lowest BCUT2D eigenvalue weighted by atomic mass is 9.43. The second-order valence-electron chi connectivity index (χ2n) is 12.4. The fourth-order valence-corrected chi connectivity index (χ4v) is 9.21. The third-order valence-electron chi connectivity index (χ3n) is 10.7. The molecule has 4 aliphatic rings. The Kier molecular flexibility index (Phi) is 7.16. The first-order chi connectivity index (χ1) is 16.4. The van der Waals surface area contributed by atoms with Gasteiger partial charge < -0.3 is 14.2 Å². The largest absolute Gasteiger partial charge is 0.463 e. The van der Waals surface area contributed by atoms with Crippen LogP contribution in [0.25, 0.3) is 0 Å². The summed E-state index contributed by atoms with van der Waals surface area (Å²) in [6, 6.07) is 0. The number of ether oxygens (including phenoxy) is 3. The van der Waals surface area contributed by atoms with Crippen LogP contribution in [0, 0.1) is 46.3 Å². The molecule has 0 bridgehead atoms. The number of fused-ring (bicyclic) bond motifs is 5. The van der Waals surface area contributed by atoms with E-state index in [2.05, 4.69) is 27.4 Å². The Morgan fingerprint density at radius 3 is 2.14 bits per heavy atom. The monoisotopic (exact) mass is 488 g/mol. The maximum Gasteiger partial charge on any atom is 0.302 e. The average Bonchev–Trinajstić information content (AvgIpc) is 3.12. The molecule has 4 aliphatic carbocycles. The molecule has 0 saturated heterocycles. The van der Waals surface area contributed by atoms with Crippen molar-refractivity contribution in [2.24, 2.45) is 46.3 Å². The van der Waals surface area contributed by atoms with Crippen LogP contribution >= 0.6 is 0 Å². The van der Waals surface area contributed by atoms with Gasteiger partial charge in [-0.3, -0.25) is 14.4 Å². The number of hydrogen-bond donors (Lipinski definition) is 0. The Morgan fingerprint density at radius 1 is 0.886 bits per heavy atom. The topological polar surface area (TPSA) is 78.9 Å². The number of hydrogen-bond acceptors (Lipinski definition) is 6. The van der Waals surface area contributed by atoms with Crippen LogP contribution in [0.3, 0.4) is 0 Å². The lowest BCUT2D eigenvalue weighted by molar-refractivity contribution is -0.223. The average molecular weight is 489 g/mol. The fraction of sp³-hybridized carbons (Fsp3) is 0.828. The van der Waals surface area contributed by atoms with E-state index in [9.17, 15) is 14.4 Å². The minimum absolute atomic E-state index is 0.0276. The highest BCUT2D eigenvalue weighted by atomic mass is 16.6. The zero-order chi connectivity index (χ0) is 25.7. The lowest BCUT2D eigenvalue weighted by Crippen LogP contribution is -2.63. The molecule has 0 spiro atoms. The van der Waals surface area contributed by atoms with Crippen LogP contribution in [-0.2, 0) is 28.6 Å². The van der Waals surface area contributed by atoms with E-state index in [1.807, 2.05) is 6.08 Å². The van der Waals surface area contributed by atoms with Crippen LogP contribution < -0.4 is 0 Å². The van der Waals surface area contributed by atoms with Gasteiger partial charge in [-0.1, -0.05) is 26.8 Å². The van der Waals surface area contributed by atoms with Crippen LogP contribution in [0.15, 0.2) is 12.7 Å². The molecular weight excluding hydrogens is 444 g/mol. The summed E-state index contributed by atoms with van der Waals surface area (Å²) >= 11 is 0. The molecule has 0 aromatic carbocycles. The van der Waals surface area contributed by atoms with Crippen molar-refractivity contribution in [3.63, 3.8) is 0 Å². The number of allylic oxidation sites excluding steroid dienone is 1. The molecule has 0 aromatic rings. The van der Waals surface area contributed by atoms with Crippen molar-refractivity contribution in [1.82, 2.24) is 0 Å².